The molecule has 7 heteroatoms. The van der Waals surface area contributed by atoms with Crippen molar-refractivity contribution in [2.75, 3.05) is 17.2 Å². The maximum absolute atomic E-state index is 12.0. The standard InChI is InChI=1S/C15H14N2O4S/c18-15-13(12-3-1-2-4-14(12)17-15)9-16-10-5-7-11(8-6-10)22(19,20)21/h1-8,13,16H,9H2,(H,17,18)(H,19,20,21). The number of carbonyl (C=O) groups is 1. The highest BCUT2D eigenvalue weighted by Gasteiger charge is 2.29. The van der Waals surface area contributed by atoms with Gasteiger partial charge in [0.05, 0.1) is 10.8 Å². The summed E-state index contributed by atoms with van der Waals surface area (Å²) in [6.45, 7) is 0.397. The first-order valence-corrected chi connectivity index (χ1v) is 8.10. The van der Waals surface area contributed by atoms with Gasteiger partial charge < -0.3 is 10.6 Å². The summed E-state index contributed by atoms with van der Waals surface area (Å²) < 4.78 is 30.9. The normalized spacial score (nSPS) is 17.0. The molecule has 0 radical (unpaired) electrons. The van der Waals surface area contributed by atoms with Gasteiger partial charge in [-0.3, -0.25) is 9.35 Å². The van der Waals surface area contributed by atoms with E-state index in [4.69, 9.17) is 4.55 Å². The van der Waals surface area contributed by atoms with Crippen LogP contribution in [0.1, 0.15) is 11.5 Å². The van der Waals surface area contributed by atoms with Gasteiger partial charge in [-0.15, -0.1) is 0 Å². The van der Waals surface area contributed by atoms with Crippen LogP contribution in [-0.4, -0.2) is 25.4 Å². The molecule has 0 fully saturated rings. The largest absolute Gasteiger partial charge is 0.384 e. The molecule has 0 aromatic heterocycles. The molecule has 3 N–H and O–H groups in total. The predicted molar refractivity (Wildman–Crippen MR) is 82.6 cm³/mol. The highest BCUT2D eigenvalue weighted by Crippen LogP contribution is 2.32. The number of carbonyl (C=O) groups excluding carboxylic acids is 1. The van der Waals surface area contributed by atoms with Gasteiger partial charge in [-0.25, -0.2) is 0 Å². The third-order valence-electron chi connectivity index (χ3n) is 3.57. The molecule has 1 amide bonds. The topological polar surface area (TPSA) is 95.5 Å². The maximum atomic E-state index is 12.0. The lowest BCUT2D eigenvalue weighted by Gasteiger charge is -2.11. The van der Waals surface area contributed by atoms with Gasteiger partial charge in [0, 0.05) is 17.9 Å². The van der Waals surface area contributed by atoms with Crippen LogP contribution in [0, 0.1) is 0 Å². The Hall–Kier alpha value is -2.38. The van der Waals surface area contributed by atoms with E-state index in [2.05, 4.69) is 10.6 Å². The van der Waals surface area contributed by atoms with Crippen LogP contribution < -0.4 is 10.6 Å². The lowest BCUT2D eigenvalue weighted by atomic mass is 10.0. The summed E-state index contributed by atoms with van der Waals surface area (Å²) in [5, 5.41) is 5.92. The molecule has 0 saturated heterocycles. The minimum absolute atomic E-state index is 0.0664. The lowest BCUT2D eigenvalue weighted by Crippen LogP contribution is -2.20. The number of fused-ring (bicyclic) bond motifs is 1. The number of anilines is 2. The monoisotopic (exact) mass is 318 g/mol. The Morgan fingerprint density at radius 2 is 1.77 bits per heavy atom. The molecule has 2 aromatic carbocycles. The molecule has 2 aromatic rings. The van der Waals surface area contributed by atoms with E-state index in [1.54, 1.807) is 12.1 Å². The van der Waals surface area contributed by atoms with Crippen LogP contribution in [0.25, 0.3) is 0 Å². The van der Waals surface area contributed by atoms with Crippen LogP contribution >= 0.6 is 0 Å². The second-order valence-electron chi connectivity index (χ2n) is 5.01. The van der Waals surface area contributed by atoms with Crippen molar-refractivity contribution in [3.8, 4) is 0 Å². The van der Waals surface area contributed by atoms with Crippen LogP contribution in [0.2, 0.25) is 0 Å². The molecule has 3 rings (SSSR count). The van der Waals surface area contributed by atoms with Gasteiger partial charge >= 0.3 is 0 Å². The third-order valence-corrected chi connectivity index (χ3v) is 4.44. The third kappa shape index (κ3) is 2.81. The fraction of sp³-hybridized carbons (Fsp3) is 0.133. The molecule has 1 heterocycles. The van der Waals surface area contributed by atoms with E-state index in [0.29, 0.717) is 12.2 Å². The van der Waals surface area contributed by atoms with Crippen molar-refractivity contribution in [2.45, 2.75) is 10.8 Å². The van der Waals surface area contributed by atoms with Crippen LogP contribution in [0.3, 0.4) is 0 Å². The van der Waals surface area contributed by atoms with Crippen LogP contribution in [0.5, 0.6) is 0 Å². The Bertz CT molecular complexity index is 816. The summed E-state index contributed by atoms with van der Waals surface area (Å²) in [5.41, 5.74) is 2.43. The molecule has 1 unspecified atom stereocenters. The van der Waals surface area contributed by atoms with Crippen LogP contribution in [0.15, 0.2) is 53.4 Å². The fourth-order valence-corrected chi connectivity index (χ4v) is 2.92. The fourth-order valence-electron chi connectivity index (χ4n) is 2.44. The summed E-state index contributed by atoms with van der Waals surface area (Å²) in [6.07, 6.45) is 0. The van der Waals surface area contributed by atoms with Gasteiger partial charge in [-0.05, 0) is 35.9 Å². The van der Waals surface area contributed by atoms with Gasteiger partial charge in [0.25, 0.3) is 10.1 Å². The Kier molecular flexibility index (Phi) is 3.59. The van der Waals surface area contributed by atoms with Crippen molar-refractivity contribution in [3.05, 3.63) is 54.1 Å². The zero-order valence-corrected chi connectivity index (χ0v) is 12.3. The van der Waals surface area contributed by atoms with E-state index in [1.807, 2.05) is 24.3 Å². The smallest absolute Gasteiger partial charge is 0.294 e. The molecule has 0 aliphatic carbocycles. The zero-order valence-electron chi connectivity index (χ0n) is 11.5. The van der Waals surface area contributed by atoms with E-state index in [1.165, 1.54) is 12.1 Å². The van der Waals surface area contributed by atoms with E-state index in [-0.39, 0.29) is 16.7 Å². The van der Waals surface area contributed by atoms with Gasteiger partial charge in [0.2, 0.25) is 5.91 Å². The number of amides is 1. The van der Waals surface area contributed by atoms with Crippen LogP contribution in [-0.2, 0) is 14.9 Å². The Labute approximate surface area is 127 Å². The number of hydrogen-bond acceptors (Lipinski definition) is 4. The van der Waals surface area contributed by atoms with E-state index >= 15 is 0 Å². The molecular weight excluding hydrogens is 304 g/mol. The van der Waals surface area contributed by atoms with Gasteiger partial charge in [0.15, 0.2) is 0 Å². The molecule has 0 spiro atoms. The predicted octanol–water partition coefficient (Wildman–Crippen LogP) is 2.08. The van der Waals surface area contributed by atoms with E-state index in [9.17, 15) is 13.2 Å². The van der Waals surface area contributed by atoms with Crippen LogP contribution in [0.4, 0.5) is 11.4 Å². The summed E-state index contributed by atoms with van der Waals surface area (Å²) in [5.74, 6) is -0.360. The molecule has 0 saturated carbocycles. The Morgan fingerprint density at radius 1 is 1.09 bits per heavy atom. The van der Waals surface area contributed by atoms with Crippen molar-refractivity contribution in [3.63, 3.8) is 0 Å². The molecule has 6 nitrogen and oxygen atoms in total. The summed E-state index contributed by atoms with van der Waals surface area (Å²) in [7, 11) is -4.19. The average Bonchev–Trinajstić information content (AvgIpc) is 2.80. The first-order valence-electron chi connectivity index (χ1n) is 6.66. The van der Waals surface area contributed by atoms with Gasteiger partial charge in [-0.2, -0.15) is 8.42 Å². The highest BCUT2D eigenvalue weighted by atomic mass is 32.2. The summed E-state index contributed by atoms with van der Waals surface area (Å²) >= 11 is 0. The van der Waals surface area contributed by atoms with Crippen molar-refractivity contribution >= 4 is 27.4 Å². The number of benzene rings is 2. The second-order valence-corrected chi connectivity index (χ2v) is 6.43. The number of nitrogens with one attached hydrogen (secondary N) is 2. The minimum Gasteiger partial charge on any atom is -0.384 e. The average molecular weight is 318 g/mol. The number of hydrogen-bond donors (Lipinski definition) is 3. The molecule has 1 aliphatic rings. The molecule has 0 bridgehead atoms. The van der Waals surface area contributed by atoms with Crippen molar-refractivity contribution < 1.29 is 17.8 Å². The zero-order chi connectivity index (χ0) is 15.7. The lowest BCUT2D eigenvalue weighted by molar-refractivity contribution is -0.116. The first kappa shape index (κ1) is 14.6. The Balaban J connectivity index is 1.72. The summed E-state index contributed by atoms with van der Waals surface area (Å²) in [4.78, 5) is 11.8. The van der Waals surface area contributed by atoms with Crippen molar-refractivity contribution in [2.24, 2.45) is 0 Å². The quantitative estimate of drug-likeness (QED) is 0.750. The van der Waals surface area contributed by atoms with E-state index < -0.39 is 10.1 Å². The first-order chi connectivity index (χ1) is 10.4. The molecule has 114 valence electrons. The molecular formula is C15H14N2O4S. The van der Waals surface area contributed by atoms with E-state index in [0.717, 1.165) is 11.3 Å². The SMILES string of the molecule is O=C1Nc2ccccc2C1CNc1ccc(S(=O)(=O)O)cc1. The Morgan fingerprint density at radius 3 is 2.45 bits per heavy atom. The molecule has 1 atom stereocenters. The van der Waals surface area contributed by atoms with Gasteiger partial charge in [0.1, 0.15) is 0 Å². The summed E-state index contributed by atoms with van der Waals surface area (Å²) in [6, 6.07) is 13.2. The van der Waals surface area contributed by atoms with Gasteiger partial charge in [-0.1, -0.05) is 18.2 Å². The molecule has 22 heavy (non-hydrogen) atoms. The van der Waals surface area contributed by atoms with Crippen molar-refractivity contribution in [1.29, 1.82) is 0 Å². The second kappa shape index (κ2) is 5.43. The minimum atomic E-state index is -4.19. The number of para-hydroxylation sites is 1. The maximum Gasteiger partial charge on any atom is 0.294 e. The molecule has 1 aliphatic heterocycles. The van der Waals surface area contributed by atoms with Crippen molar-refractivity contribution in [1.82, 2.24) is 0 Å². The highest BCUT2D eigenvalue weighted by molar-refractivity contribution is 7.85. The number of rotatable bonds is 4.